The number of hydrogen-bond acceptors (Lipinski definition) is 7. The van der Waals surface area contributed by atoms with Gasteiger partial charge in [-0.25, -0.2) is 0 Å². The molecule has 7 rings (SSSR count). The van der Waals surface area contributed by atoms with Crippen LogP contribution in [0.5, 0.6) is 0 Å². The summed E-state index contributed by atoms with van der Waals surface area (Å²) >= 11 is 0. The molecular formula is C36H43F3N6O3. The summed E-state index contributed by atoms with van der Waals surface area (Å²) < 4.78 is 56.6. The highest BCUT2D eigenvalue weighted by atomic mass is 19.4. The van der Waals surface area contributed by atoms with Gasteiger partial charge in [0.05, 0.1) is 12.1 Å². The molecule has 0 radical (unpaired) electrons. The highest BCUT2D eigenvalue weighted by Crippen LogP contribution is 2.52. The molecule has 1 amide bonds. The maximum absolute atomic E-state index is 14.6. The van der Waals surface area contributed by atoms with E-state index in [-0.39, 0.29) is 34.8 Å². The molecule has 48 heavy (non-hydrogen) atoms. The second-order valence-electron chi connectivity index (χ2n) is 14.4. The number of alkyl halides is 3. The summed E-state index contributed by atoms with van der Waals surface area (Å²) in [7, 11) is 6.99. The third-order valence-electron chi connectivity index (χ3n) is 11.4. The number of amides is 1. The van der Waals surface area contributed by atoms with Crippen LogP contribution in [-0.2, 0) is 41.1 Å². The number of halogens is 3. The molecule has 1 saturated heterocycles. The Hall–Kier alpha value is -3.77. The molecule has 1 aromatic heterocycles. The summed E-state index contributed by atoms with van der Waals surface area (Å²) in [5, 5.41) is 8.38. The van der Waals surface area contributed by atoms with Gasteiger partial charge < -0.3 is 28.8 Å². The zero-order valence-electron chi connectivity index (χ0n) is 28.0. The summed E-state index contributed by atoms with van der Waals surface area (Å²) in [6.07, 6.45) is 5.06. The smallest absolute Gasteiger partial charge is 0.370 e. The largest absolute Gasteiger partial charge is 0.416 e. The predicted molar refractivity (Wildman–Crippen MR) is 176 cm³/mol. The number of ether oxygens (including phenoxy) is 2. The number of aromatic nitrogens is 3. The molecule has 0 unspecified atom stereocenters. The van der Waals surface area contributed by atoms with Gasteiger partial charge in [0.15, 0.2) is 6.29 Å². The van der Waals surface area contributed by atoms with Crippen LogP contribution in [0.15, 0.2) is 47.7 Å². The lowest BCUT2D eigenvalue weighted by Gasteiger charge is -2.55. The number of rotatable bonds is 9. The number of benzene rings is 2. The van der Waals surface area contributed by atoms with Gasteiger partial charge in [-0.1, -0.05) is 12.1 Å². The van der Waals surface area contributed by atoms with Crippen molar-refractivity contribution in [3.63, 3.8) is 0 Å². The third-order valence-corrected chi connectivity index (χ3v) is 11.4. The second kappa shape index (κ2) is 12.3. The lowest BCUT2D eigenvalue weighted by atomic mass is 9.57. The van der Waals surface area contributed by atoms with Gasteiger partial charge in [-0.2, -0.15) is 13.2 Å². The van der Waals surface area contributed by atoms with Crippen molar-refractivity contribution in [1.82, 2.24) is 14.8 Å². The van der Waals surface area contributed by atoms with E-state index in [4.69, 9.17) is 9.47 Å². The molecular weight excluding hydrogens is 621 g/mol. The molecule has 1 spiro atoms. The van der Waals surface area contributed by atoms with Crippen molar-refractivity contribution in [2.45, 2.75) is 69.4 Å². The molecule has 9 nitrogen and oxygen atoms in total. The number of methoxy groups -OCH3 is 2. The van der Waals surface area contributed by atoms with E-state index in [1.807, 2.05) is 47.0 Å². The van der Waals surface area contributed by atoms with Gasteiger partial charge in [-0.3, -0.25) is 4.79 Å². The average molecular weight is 665 g/mol. The Bertz CT molecular complexity index is 1690. The molecule has 3 heterocycles. The van der Waals surface area contributed by atoms with Gasteiger partial charge in [-0.05, 0) is 79.8 Å². The molecule has 3 fully saturated rings. The van der Waals surface area contributed by atoms with E-state index in [9.17, 15) is 18.0 Å². The Morgan fingerprint density at radius 3 is 2.44 bits per heavy atom. The van der Waals surface area contributed by atoms with E-state index < -0.39 is 17.6 Å². The minimum atomic E-state index is -4.59. The number of aliphatic imine (C=N–C) groups is 1. The normalized spacial score (nSPS) is 24.1. The summed E-state index contributed by atoms with van der Waals surface area (Å²) in [6.45, 7) is 1.23. The number of carbonyl (C=O) groups is 1. The van der Waals surface area contributed by atoms with Crippen molar-refractivity contribution in [2.24, 2.45) is 29.3 Å². The number of nitrogens with zero attached hydrogens (tertiary/aromatic N) is 6. The maximum Gasteiger partial charge on any atom is 0.416 e. The topological polar surface area (TPSA) is 85.1 Å². The third kappa shape index (κ3) is 5.70. The van der Waals surface area contributed by atoms with E-state index >= 15 is 0 Å². The lowest BCUT2D eigenvalue weighted by molar-refractivity contribution is -0.150. The molecule has 0 atom stereocenters. The fourth-order valence-electron chi connectivity index (χ4n) is 8.82. The lowest BCUT2D eigenvalue weighted by Crippen LogP contribution is -2.58. The van der Waals surface area contributed by atoms with E-state index in [0.29, 0.717) is 42.7 Å². The Balaban J connectivity index is 1.13. The van der Waals surface area contributed by atoms with Crippen LogP contribution in [0.4, 0.5) is 24.5 Å². The molecule has 0 bridgehead atoms. The summed E-state index contributed by atoms with van der Waals surface area (Å²) in [4.78, 5) is 21.7. The monoisotopic (exact) mass is 664 g/mol. The summed E-state index contributed by atoms with van der Waals surface area (Å²) in [5.41, 5.74) is 1.36. The van der Waals surface area contributed by atoms with Crippen LogP contribution in [0.1, 0.15) is 71.4 Å². The Labute approximate surface area is 279 Å². The number of anilines is 2. The number of fused-ring (bicyclic) bond motifs is 1. The highest BCUT2D eigenvalue weighted by molar-refractivity contribution is 6.11. The van der Waals surface area contributed by atoms with Crippen molar-refractivity contribution in [3.05, 3.63) is 70.8 Å². The molecule has 2 aromatic carbocycles. The first-order valence-electron chi connectivity index (χ1n) is 16.7. The van der Waals surface area contributed by atoms with Crippen LogP contribution >= 0.6 is 0 Å². The van der Waals surface area contributed by atoms with E-state index in [1.165, 1.54) is 11.0 Å². The Kier molecular flexibility index (Phi) is 8.38. The molecule has 0 N–H and O–H groups in total. The Morgan fingerprint density at radius 1 is 1.08 bits per heavy atom. The van der Waals surface area contributed by atoms with Crippen LogP contribution in [-0.4, -0.2) is 67.5 Å². The predicted octanol–water partition coefficient (Wildman–Crippen LogP) is 6.20. The average Bonchev–Trinajstić information content (AvgIpc) is 3.60. The van der Waals surface area contributed by atoms with Crippen molar-refractivity contribution in [1.29, 1.82) is 0 Å². The first-order valence-corrected chi connectivity index (χ1v) is 16.7. The first-order chi connectivity index (χ1) is 23.0. The molecule has 3 aromatic rings. The van der Waals surface area contributed by atoms with Gasteiger partial charge in [0.25, 0.3) is 5.91 Å². The summed E-state index contributed by atoms with van der Waals surface area (Å²) in [6, 6.07) is 10.7. The zero-order chi connectivity index (χ0) is 33.8. The highest BCUT2D eigenvalue weighted by Gasteiger charge is 2.49. The first kappa shape index (κ1) is 32.8. The van der Waals surface area contributed by atoms with Crippen molar-refractivity contribution < 1.29 is 27.4 Å². The fraction of sp³-hybridized carbons (Fsp3) is 0.556. The molecule has 4 aliphatic rings. The standard InChI is InChI=1S/C36H43F3N6O3/c1-40-18-23-15-35(16-23,17-31-42-41-22-43(31)2)25-6-5-7-26(12-25)45-19-29-28(32(45)46)13-27(14-30(29)36(37,38)39)44-20-34(21-44)10-8-24(9-11-34)33(47-3)48-4/h5-7,12-14,18,22-24,33H,8-11,15-17,19-21H2,1-4H3. The molecule has 12 heteroatoms. The van der Waals surface area contributed by atoms with Crippen LogP contribution < -0.4 is 9.80 Å². The minimum Gasteiger partial charge on any atom is -0.370 e. The number of carbonyl (C=O) groups excluding carboxylic acids is 1. The molecule has 256 valence electrons. The quantitative estimate of drug-likeness (QED) is 0.200. The van der Waals surface area contributed by atoms with Crippen molar-refractivity contribution in [2.75, 3.05) is 44.2 Å². The van der Waals surface area contributed by atoms with Gasteiger partial charge in [0, 0.05) is 87.7 Å². The van der Waals surface area contributed by atoms with E-state index in [1.54, 1.807) is 33.7 Å². The second-order valence-corrected chi connectivity index (χ2v) is 14.4. The van der Waals surface area contributed by atoms with Gasteiger partial charge >= 0.3 is 6.18 Å². The van der Waals surface area contributed by atoms with Crippen LogP contribution in [0.3, 0.4) is 0 Å². The van der Waals surface area contributed by atoms with E-state index in [0.717, 1.165) is 49.9 Å². The fourth-order valence-corrected chi connectivity index (χ4v) is 8.82. The van der Waals surface area contributed by atoms with Crippen molar-refractivity contribution >= 4 is 23.5 Å². The molecule has 2 saturated carbocycles. The van der Waals surface area contributed by atoms with Gasteiger partial charge in [-0.15, -0.1) is 10.2 Å². The SMILES string of the molecule is CN=CC1CC(Cc2nncn2C)(c2cccc(N3Cc4c(cc(N5CC6(CCC(C(OC)OC)CC6)C5)cc4C(F)(F)F)C3=O)c2)C1. The number of hydrogen-bond donors (Lipinski definition) is 0. The van der Waals surface area contributed by atoms with Gasteiger partial charge in [0.1, 0.15) is 12.2 Å². The van der Waals surface area contributed by atoms with E-state index in [2.05, 4.69) is 15.2 Å². The molecule has 2 aliphatic carbocycles. The zero-order valence-corrected chi connectivity index (χ0v) is 28.0. The van der Waals surface area contributed by atoms with Crippen LogP contribution in [0.25, 0.3) is 0 Å². The summed E-state index contributed by atoms with van der Waals surface area (Å²) in [5.74, 6) is 1.09. The van der Waals surface area contributed by atoms with Crippen molar-refractivity contribution in [3.8, 4) is 0 Å². The van der Waals surface area contributed by atoms with Crippen LogP contribution in [0.2, 0.25) is 0 Å². The Morgan fingerprint density at radius 2 is 1.81 bits per heavy atom. The maximum atomic E-state index is 14.6. The van der Waals surface area contributed by atoms with Gasteiger partial charge in [0.2, 0.25) is 0 Å². The molecule has 2 aliphatic heterocycles. The number of aryl methyl sites for hydroxylation is 1. The minimum absolute atomic E-state index is 0.0410. The van der Waals surface area contributed by atoms with Crippen LogP contribution in [0, 0.1) is 17.3 Å².